The third kappa shape index (κ3) is 4.93. The second-order valence-corrected chi connectivity index (χ2v) is 6.61. The van der Waals surface area contributed by atoms with E-state index in [-0.39, 0.29) is 12.1 Å². The highest BCUT2D eigenvalue weighted by Crippen LogP contribution is 2.37. The Morgan fingerprint density at radius 3 is 1.83 bits per heavy atom. The molecule has 0 bridgehead atoms. The van der Waals surface area contributed by atoms with E-state index in [2.05, 4.69) is 0 Å². The van der Waals surface area contributed by atoms with Gasteiger partial charge in [0.15, 0.2) is 0 Å². The smallest absolute Gasteiger partial charge is 0.324 e. The van der Waals surface area contributed by atoms with Gasteiger partial charge in [-0.3, -0.25) is 4.79 Å². The van der Waals surface area contributed by atoms with Crippen molar-refractivity contribution in [1.82, 2.24) is 0 Å². The van der Waals surface area contributed by atoms with Gasteiger partial charge in [0, 0.05) is 4.90 Å². The summed E-state index contributed by atoms with van der Waals surface area (Å²) in [5, 5.41) is -0.438. The summed E-state index contributed by atoms with van der Waals surface area (Å²) in [4.78, 5) is 13.5. The summed E-state index contributed by atoms with van der Waals surface area (Å²) in [6.07, 6.45) is -0.158. The van der Waals surface area contributed by atoms with Crippen molar-refractivity contribution in [2.24, 2.45) is 0 Å². The number of carbonyl (C=O) groups excluding carboxylic acids is 1. The minimum Gasteiger partial charge on any atom is -0.497 e. The minimum absolute atomic E-state index is 0.158. The summed E-state index contributed by atoms with van der Waals surface area (Å²) in [6.45, 7) is 3.70. The summed E-state index contributed by atoms with van der Waals surface area (Å²) in [5.74, 6) is 1.28. The lowest BCUT2D eigenvalue weighted by atomic mass is 10.1. The van der Waals surface area contributed by atoms with Crippen molar-refractivity contribution in [1.29, 1.82) is 0 Å². The first-order valence-electron chi connectivity index (χ1n) is 7.68. The van der Waals surface area contributed by atoms with Crippen molar-refractivity contribution in [2.45, 2.75) is 30.1 Å². The van der Waals surface area contributed by atoms with Crippen LogP contribution in [0.1, 0.15) is 24.7 Å². The van der Waals surface area contributed by atoms with Crippen LogP contribution in [0.4, 0.5) is 0 Å². The number of esters is 1. The second-order valence-electron chi connectivity index (χ2n) is 5.43. The van der Waals surface area contributed by atoms with Crippen molar-refractivity contribution in [2.75, 3.05) is 14.2 Å². The molecule has 2 aromatic rings. The molecule has 0 spiro atoms. The number of carbonyl (C=O) groups is 1. The van der Waals surface area contributed by atoms with Crippen LogP contribution in [0.2, 0.25) is 0 Å². The molecule has 4 nitrogen and oxygen atoms in total. The summed E-state index contributed by atoms with van der Waals surface area (Å²) < 4.78 is 15.8. The first kappa shape index (κ1) is 18.2. The number of hydrogen-bond acceptors (Lipinski definition) is 5. The maximum atomic E-state index is 12.5. The molecule has 0 heterocycles. The van der Waals surface area contributed by atoms with Crippen molar-refractivity contribution in [3.8, 4) is 11.5 Å². The SMILES string of the molecule is COc1ccc(SC(C(=O)OC(C)C)c2ccc(OC)cc2)cc1. The maximum absolute atomic E-state index is 12.5. The molecule has 5 heteroatoms. The van der Waals surface area contributed by atoms with Crippen LogP contribution < -0.4 is 9.47 Å². The van der Waals surface area contributed by atoms with Crippen LogP contribution in [0.5, 0.6) is 11.5 Å². The van der Waals surface area contributed by atoms with E-state index in [0.717, 1.165) is 22.0 Å². The fourth-order valence-corrected chi connectivity index (χ4v) is 3.13. The normalized spacial score (nSPS) is 11.9. The number of rotatable bonds is 7. The van der Waals surface area contributed by atoms with Gasteiger partial charge in [0.25, 0.3) is 0 Å². The molecule has 1 unspecified atom stereocenters. The molecular formula is C19H22O4S. The molecule has 128 valence electrons. The van der Waals surface area contributed by atoms with Gasteiger partial charge in [0.2, 0.25) is 0 Å². The molecule has 0 saturated carbocycles. The fourth-order valence-electron chi connectivity index (χ4n) is 2.12. The minimum atomic E-state index is -0.438. The fraction of sp³-hybridized carbons (Fsp3) is 0.316. The predicted molar refractivity (Wildman–Crippen MR) is 95.8 cm³/mol. The average molecular weight is 346 g/mol. The van der Waals surface area contributed by atoms with Gasteiger partial charge in [-0.2, -0.15) is 0 Å². The third-order valence-corrected chi connectivity index (χ3v) is 4.54. The molecular weight excluding hydrogens is 324 g/mol. The quantitative estimate of drug-likeness (QED) is 0.546. The Morgan fingerprint density at radius 1 is 0.875 bits per heavy atom. The Morgan fingerprint density at radius 2 is 1.38 bits per heavy atom. The lowest BCUT2D eigenvalue weighted by molar-refractivity contribution is -0.146. The number of methoxy groups -OCH3 is 2. The van der Waals surface area contributed by atoms with Crippen LogP contribution in [0.15, 0.2) is 53.4 Å². The zero-order valence-corrected chi connectivity index (χ0v) is 15.1. The van der Waals surface area contributed by atoms with Crippen molar-refractivity contribution < 1.29 is 19.0 Å². The van der Waals surface area contributed by atoms with E-state index in [0.29, 0.717) is 0 Å². The number of thioether (sulfide) groups is 1. The van der Waals surface area contributed by atoms with Crippen LogP contribution >= 0.6 is 11.8 Å². The van der Waals surface area contributed by atoms with Gasteiger partial charge in [-0.05, 0) is 55.8 Å². The van der Waals surface area contributed by atoms with E-state index in [9.17, 15) is 4.79 Å². The molecule has 0 radical (unpaired) electrons. The highest BCUT2D eigenvalue weighted by Gasteiger charge is 2.24. The van der Waals surface area contributed by atoms with E-state index in [1.54, 1.807) is 14.2 Å². The molecule has 0 aliphatic rings. The molecule has 0 saturated heterocycles. The van der Waals surface area contributed by atoms with E-state index >= 15 is 0 Å². The Hall–Kier alpha value is -2.14. The molecule has 24 heavy (non-hydrogen) atoms. The molecule has 0 amide bonds. The van der Waals surface area contributed by atoms with Crippen LogP contribution in [0.25, 0.3) is 0 Å². The molecule has 1 atom stereocenters. The molecule has 0 aromatic heterocycles. The average Bonchev–Trinajstić information content (AvgIpc) is 2.59. The second kappa shape index (κ2) is 8.64. The summed E-state index contributed by atoms with van der Waals surface area (Å²) in [5.41, 5.74) is 0.877. The van der Waals surface area contributed by atoms with Crippen molar-refractivity contribution >= 4 is 17.7 Å². The van der Waals surface area contributed by atoms with Crippen LogP contribution in [0, 0.1) is 0 Å². The van der Waals surface area contributed by atoms with Gasteiger partial charge in [0.05, 0.1) is 20.3 Å². The summed E-state index contributed by atoms with van der Waals surface area (Å²) in [7, 11) is 3.24. The molecule has 0 N–H and O–H groups in total. The summed E-state index contributed by atoms with van der Waals surface area (Å²) in [6, 6.07) is 15.1. The maximum Gasteiger partial charge on any atom is 0.324 e. The van der Waals surface area contributed by atoms with Crippen molar-refractivity contribution in [3.63, 3.8) is 0 Å². The van der Waals surface area contributed by atoms with Crippen molar-refractivity contribution in [3.05, 3.63) is 54.1 Å². The molecule has 2 aromatic carbocycles. The lowest BCUT2D eigenvalue weighted by Gasteiger charge is -2.18. The van der Waals surface area contributed by atoms with E-state index in [1.165, 1.54) is 11.8 Å². The largest absolute Gasteiger partial charge is 0.497 e. The zero-order chi connectivity index (χ0) is 17.5. The molecule has 0 aliphatic carbocycles. The van der Waals surface area contributed by atoms with Gasteiger partial charge in [0.1, 0.15) is 16.7 Å². The first-order valence-corrected chi connectivity index (χ1v) is 8.56. The number of benzene rings is 2. The Bertz CT molecular complexity index is 650. The monoisotopic (exact) mass is 346 g/mol. The topological polar surface area (TPSA) is 44.8 Å². The van der Waals surface area contributed by atoms with Gasteiger partial charge < -0.3 is 14.2 Å². The van der Waals surface area contributed by atoms with Crippen LogP contribution in [0.3, 0.4) is 0 Å². The first-order chi connectivity index (χ1) is 11.5. The van der Waals surface area contributed by atoms with E-state index < -0.39 is 5.25 Å². The standard InChI is InChI=1S/C19H22O4S/c1-13(2)23-19(20)18(14-5-7-15(21-3)8-6-14)24-17-11-9-16(22-4)10-12-17/h5-13,18H,1-4H3. The molecule has 0 fully saturated rings. The third-order valence-electron chi connectivity index (χ3n) is 3.30. The van der Waals surface area contributed by atoms with Gasteiger partial charge in [-0.25, -0.2) is 0 Å². The molecule has 0 aliphatic heterocycles. The van der Waals surface area contributed by atoms with E-state index in [4.69, 9.17) is 14.2 Å². The van der Waals surface area contributed by atoms with Gasteiger partial charge in [-0.15, -0.1) is 11.8 Å². The van der Waals surface area contributed by atoms with E-state index in [1.807, 2.05) is 62.4 Å². The van der Waals surface area contributed by atoms with Crippen LogP contribution in [-0.2, 0) is 9.53 Å². The highest BCUT2D eigenvalue weighted by molar-refractivity contribution is 8.00. The highest BCUT2D eigenvalue weighted by atomic mass is 32.2. The molecule has 2 rings (SSSR count). The number of hydrogen-bond donors (Lipinski definition) is 0. The Balaban J connectivity index is 2.25. The predicted octanol–water partition coefficient (Wildman–Crippen LogP) is 4.49. The lowest BCUT2D eigenvalue weighted by Crippen LogP contribution is -2.17. The summed E-state index contributed by atoms with van der Waals surface area (Å²) >= 11 is 1.45. The van der Waals surface area contributed by atoms with Crippen LogP contribution in [-0.4, -0.2) is 26.3 Å². The van der Waals surface area contributed by atoms with Gasteiger partial charge in [-0.1, -0.05) is 12.1 Å². The zero-order valence-electron chi connectivity index (χ0n) is 14.3. The Labute approximate surface area is 147 Å². The Kier molecular flexibility index (Phi) is 6.55. The number of ether oxygens (including phenoxy) is 3. The van der Waals surface area contributed by atoms with Gasteiger partial charge >= 0.3 is 5.97 Å².